The maximum atomic E-state index is 11.1. The highest BCUT2D eigenvalue weighted by molar-refractivity contribution is 5.38. The van der Waals surface area contributed by atoms with Crippen LogP contribution in [0.4, 0.5) is 0 Å². The zero-order chi connectivity index (χ0) is 14.8. The van der Waals surface area contributed by atoms with Crippen LogP contribution in [0, 0.1) is 6.92 Å². The van der Waals surface area contributed by atoms with Crippen molar-refractivity contribution >= 4 is 0 Å². The third-order valence-corrected chi connectivity index (χ3v) is 4.51. The smallest absolute Gasteiger partial charge is 0.119 e. The second-order valence-electron chi connectivity index (χ2n) is 6.20. The molecule has 3 nitrogen and oxygen atoms in total. The molecule has 0 saturated carbocycles. The molecule has 0 amide bonds. The molecule has 1 saturated heterocycles. The highest BCUT2D eigenvalue weighted by atomic mass is 16.5. The van der Waals surface area contributed by atoms with Crippen LogP contribution in [0.3, 0.4) is 0 Å². The summed E-state index contributed by atoms with van der Waals surface area (Å²) in [6.45, 7) is 8.54. The van der Waals surface area contributed by atoms with Crippen LogP contribution >= 0.6 is 0 Å². The van der Waals surface area contributed by atoms with E-state index < -0.39 is 5.60 Å². The molecule has 0 spiro atoms. The van der Waals surface area contributed by atoms with Crippen LogP contribution in [0.25, 0.3) is 0 Å². The lowest BCUT2D eigenvalue weighted by molar-refractivity contribution is 0.0198. The maximum Gasteiger partial charge on any atom is 0.119 e. The largest absolute Gasteiger partial charge is 0.497 e. The van der Waals surface area contributed by atoms with Crippen molar-refractivity contribution in [2.75, 3.05) is 20.2 Å². The fourth-order valence-electron chi connectivity index (χ4n) is 3.21. The van der Waals surface area contributed by atoms with Gasteiger partial charge in [-0.3, -0.25) is 0 Å². The Hall–Kier alpha value is -1.06. The van der Waals surface area contributed by atoms with Crippen molar-refractivity contribution in [1.29, 1.82) is 0 Å². The molecular weight excluding hydrogens is 250 g/mol. The van der Waals surface area contributed by atoms with E-state index in [2.05, 4.69) is 25.7 Å². The number of nitrogens with zero attached hydrogens (tertiary/aromatic N) is 1. The molecule has 0 radical (unpaired) electrons. The van der Waals surface area contributed by atoms with Crippen molar-refractivity contribution < 1.29 is 9.84 Å². The Kier molecular flexibility index (Phi) is 4.71. The van der Waals surface area contributed by atoms with E-state index in [1.807, 2.05) is 18.2 Å². The molecule has 1 aromatic rings. The number of benzene rings is 1. The van der Waals surface area contributed by atoms with Crippen LogP contribution in [-0.2, 0) is 5.60 Å². The Morgan fingerprint density at radius 2 is 2.00 bits per heavy atom. The molecule has 1 N–H and O–H groups in total. The lowest BCUT2D eigenvalue weighted by Crippen LogP contribution is -2.33. The quantitative estimate of drug-likeness (QED) is 0.921. The minimum Gasteiger partial charge on any atom is -0.497 e. The molecule has 1 aliphatic rings. The van der Waals surface area contributed by atoms with Crippen LogP contribution in [0.15, 0.2) is 18.2 Å². The summed E-state index contributed by atoms with van der Waals surface area (Å²) in [5.74, 6) is 0.854. The average Bonchev–Trinajstić information content (AvgIpc) is 2.61. The van der Waals surface area contributed by atoms with E-state index in [0.29, 0.717) is 6.04 Å². The first-order valence-electron chi connectivity index (χ1n) is 7.58. The van der Waals surface area contributed by atoms with Gasteiger partial charge in [-0.25, -0.2) is 0 Å². The van der Waals surface area contributed by atoms with Gasteiger partial charge in [-0.2, -0.15) is 0 Å². The van der Waals surface area contributed by atoms with E-state index in [4.69, 9.17) is 4.74 Å². The van der Waals surface area contributed by atoms with Crippen molar-refractivity contribution in [3.05, 3.63) is 29.3 Å². The van der Waals surface area contributed by atoms with Crippen LogP contribution in [0.5, 0.6) is 5.75 Å². The van der Waals surface area contributed by atoms with Gasteiger partial charge in [-0.05, 0) is 69.8 Å². The van der Waals surface area contributed by atoms with E-state index in [9.17, 15) is 5.11 Å². The summed E-state index contributed by atoms with van der Waals surface area (Å²) >= 11 is 0. The van der Waals surface area contributed by atoms with Gasteiger partial charge in [0, 0.05) is 12.6 Å². The van der Waals surface area contributed by atoms with Gasteiger partial charge in [0.1, 0.15) is 5.75 Å². The van der Waals surface area contributed by atoms with Crippen LogP contribution in [-0.4, -0.2) is 36.2 Å². The molecule has 1 aromatic carbocycles. The van der Waals surface area contributed by atoms with Crippen LogP contribution in [0.2, 0.25) is 0 Å². The first-order chi connectivity index (χ1) is 9.46. The third-order valence-electron chi connectivity index (χ3n) is 4.51. The SMILES string of the molecule is COc1ccc(C2(O)CCCN(C(C)C)CC2)c(C)c1. The van der Waals surface area contributed by atoms with E-state index in [0.717, 1.165) is 49.2 Å². The van der Waals surface area contributed by atoms with Gasteiger partial charge in [-0.15, -0.1) is 0 Å². The Morgan fingerprint density at radius 1 is 1.25 bits per heavy atom. The third kappa shape index (κ3) is 3.15. The molecular formula is C17H27NO2. The monoisotopic (exact) mass is 277 g/mol. The van der Waals surface area contributed by atoms with Crippen LogP contribution < -0.4 is 4.74 Å². The number of likely N-dealkylation sites (tertiary alicyclic amines) is 1. The van der Waals surface area contributed by atoms with Crippen molar-refractivity contribution in [2.24, 2.45) is 0 Å². The predicted molar refractivity (Wildman–Crippen MR) is 82.2 cm³/mol. The van der Waals surface area contributed by atoms with E-state index in [-0.39, 0.29) is 0 Å². The predicted octanol–water partition coefficient (Wildman–Crippen LogP) is 3.09. The first kappa shape index (κ1) is 15.3. The summed E-state index contributed by atoms with van der Waals surface area (Å²) < 4.78 is 5.25. The molecule has 1 atom stereocenters. The number of aryl methyl sites for hydroxylation is 1. The molecule has 0 aliphatic carbocycles. The fraction of sp³-hybridized carbons (Fsp3) is 0.647. The van der Waals surface area contributed by atoms with Gasteiger partial charge in [0.15, 0.2) is 0 Å². The molecule has 1 unspecified atom stereocenters. The normalized spacial score (nSPS) is 24.7. The zero-order valence-corrected chi connectivity index (χ0v) is 13.1. The first-order valence-corrected chi connectivity index (χ1v) is 7.58. The highest BCUT2D eigenvalue weighted by Crippen LogP contribution is 2.36. The fourth-order valence-corrected chi connectivity index (χ4v) is 3.21. The number of rotatable bonds is 3. The van der Waals surface area contributed by atoms with Gasteiger partial charge in [0.25, 0.3) is 0 Å². The number of methoxy groups -OCH3 is 1. The van der Waals surface area contributed by atoms with Gasteiger partial charge in [-0.1, -0.05) is 6.07 Å². The zero-order valence-electron chi connectivity index (χ0n) is 13.1. The minimum atomic E-state index is -0.694. The second kappa shape index (κ2) is 6.15. The van der Waals surface area contributed by atoms with E-state index >= 15 is 0 Å². The topological polar surface area (TPSA) is 32.7 Å². The van der Waals surface area contributed by atoms with Crippen molar-refractivity contribution in [3.63, 3.8) is 0 Å². The van der Waals surface area contributed by atoms with E-state index in [1.165, 1.54) is 0 Å². The van der Waals surface area contributed by atoms with Gasteiger partial charge in [0.2, 0.25) is 0 Å². The van der Waals surface area contributed by atoms with Crippen molar-refractivity contribution in [3.8, 4) is 5.75 Å². The summed E-state index contributed by atoms with van der Waals surface area (Å²) in [7, 11) is 1.68. The van der Waals surface area contributed by atoms with Crippen LogP contribution in [0.1, 0.15) is 44.2 Å². The lowest BCUT2D eigenvalue weighted by atomic mass is 9.84. The van der Waals surface area contributed by atoms with E-state index in [1.54, 1.807) is 7.11 Å². The Balaban J connectivity index is 2.22. The van der Waals surface area contributed by atoms with Crippen molar-refractivity contribution in [2.45, 2.75) is 51.7 Å². The Morgan fingerprint density at radius 3 is 2.60 bits per heavy atom. The molecule has 20 heavy (non-hydrogen) atoms. The van der Waals surface area contributed by atoms with Gasteiger partial charge in [0.05, 0.1) is 12.7 Å². The molecule has 1 aliphatic heterocycles. The maximum absolute atomic E-state index is 11.1. The molecule has 3 heteroatoms. The molecule has 0 aromatic heterocycles. The summed E-state index contributed by atoms with van der Waals surface area (Å²) in [5.41, 5.74) is 1.48. The molecule has 2 rings (SSSR count). The molecule has 112 valence electrons. The summed E-state index contributed by atoms with van der Waals surface area (Å²) in [6, 6.07) is 6.54. The minimum absolute atomic E-state index is 0.550. The number of hydrogen-bond acceptors (Lipinski definition) is 3. The summed E-state index contributed by atoms with van der Waals surface area (Å²) in [4.78, 5) is 2.46. The van der Waals surface area contributed by atoms with Crippen molar-refractivity contribution in [1.82, 2.24) is 4.90 Å². The number of hydrogen-bond donors (Lipinski definition) is 1. The van der Waals surface area contributed by atoms with Gasteiger partial charge < -0.3 is 14.7 Å². The highest BCUT2D eigenvalue weighted by Gasteiger charge is 2.33. The average molecular weight is 277 g/mol. The Bertz CT molecular complexity index is 458. The number of ether oxygens (including phenoxy) is 1. The standard InChI is InChI=1S/C17H27NO2/c1-13(2)18-10-5-8-17(19,9-11-18)16-7-6-15(20-4)12-14(16)3/h6-7,12-13,19H,5,8-11H2,1-4H3. The molecule has 1 fully saturated rings. The second-order valence-corrected chi connectivity index (χ2v) is 6.20. The molecule has 1 heterocycles. The molecule has 0 bridgehead atoms. The lowest BCUT2D eigenvalue weighted by Gasteiger charge is -2.30. The summed E-state index contributed by atoms with van der Waals surface area (Å²) in [5, 5.41) is 11.1. The summed E-state index contributed by atoms with van der Waals surface area (Å²) in [6.07, 6.45) is 2.68. The van der Waals surface area contributed by atoms with Gasteiger partial charge >= 0.3 is 0 Å². The Labute approximate surface area is 122 Å². The number of aliphatic hydroxyl groups is 1.